The Balaban J connectivity index is 2.26. The van der Waals surface area contributed by atoms with E-state index < -0.39 is 52.8 Å². The monoisotopic (exact) mass is 553 g/mol. The Morgan fingerprint density at radius 2 is 1.83 bits per heavy atom. The van der Waals surface area contributed by atoms with E-state index in [1.54, 1.807) is 0 Å². The van der Waals surface area contributed by atoms with Crippen LogP contribution in [-0.2, 0) is 12.5 Å². The lowest BCUT2D eigenvalue weighted by Gasteiger charge is -2.22. The highest BCUT2D eigenvalue weighted by molar-refractivity contribution is 6.30. The third-order valence-electron chi connectivity index (χ3n) is 4.66. The molecule has 2 heterocycles. The molecule has 0 amide bonds. The molecular weight excluding hydrogens is 543 g/mol. The van der Waals surface area contributed by atoms with Gasteiger partial charge in [0.05, 0.1) is 36.8 Å². The Morgan fingerprint density at radius 1 is 1.17 bits per heavy atom. The van der Waals surface area contributed by atoms with E-state index in [4.69, 9.17) is 37.9 Å². The summed E-state index contributed by atoms with van der Waals surface area (Å²) in [6.07, 6.45) is -5.78. The van der Waals surface area contributed by atoms with Gasteiger partial charge in [0.1, 0.15) is 6.07 Å². The number of aryl methyl sites for hydroxylation is 1. The van der Waals surface area contributed by atoms with Crippen molar-refractivity contribution in [2.24, 2.45) is 0 Å². The van der Waals surface area contributed by atoms with Gasteiger partial charge < -0.3 is 9.47 Å². The highest BCUT2D eigenvalue weighted by Crippen LogP contribution is 2.46. The Bertz CT molecular complexity index is 1440. The lowest BCUT2D eigenvalue weighted by molar-refractivity contribution is -0.291. The standard InChI is InChI=1S/C20H11Cl2F6N5O3/c1-8-11(16(35-2)32-18(22)31-8)6-33-7-30-15(19(24,25)20(26,27)28)14(17(33)34)36-12-4-10(21)3-9(5-29)13(12)23/h3-4,7H,6H2,1-2H3. The third-order valence-corrected chi connectivity index (χ3v) is 5.04. The molecule has 8 nitrogen and oxygen atoms in total. The smallest absolute Gasteiger partial charge is 0.459 e. The molecule has 16 heteroatoms. The largest absolute Gasteiger partial charge is 0.481 e. The Hall–Kier alpha value is -3.57. The number of nitriles is 1. The predicted octanol–water partition coefficient (Wildman–Crippen LogP) is 5.16. The van der Waals surface area contributed by atoms with Gasteiger partial charge in [-0.2, -0.15) is 32.2 Å². The first-order valence-corrected chi connectivity index (χ1v) is 10.1. The van der Waals surface area contributed by atoms with Gasteiger partial charge in [-0.25, -0.2) is 14.4 Å². The first-order chi connectivity index (χ1) is 16.7. The molecule has 3 rings (SSSR count). The number of hydrogen-bond acceptors (Lipinski definition) is 7. The van der Waals surface area contributed by atoms with Crippen LogP contribution in [-0.4, -0.2) is 32.8 Å². The molecule has 0 radical (unpaired) electrons. The summed E-state index contributed by atoms with van der Waals surface area (Å²) < 4.78 is 93.0. The number of alkyl halides is 5. The highest BCUT2D eigenvalue weighted by atomic mass is 35.5. The minimum Gasteiger partial charge on any atom is -0.481 e. The average molecular weight is 554 g/mol. The lowest BCUT2D eigenvalue weighted by Crippen LogP contribution is -2.37. The van der Waals surface area contributed by atoms with E-state index in [0.29, 0.717) is 17.0 Å². The second-order valence-electron chi connectivity index (χ2n) is 6.97. The molecule has 0 atom stereocenters. The zero-order valence-corrected chi connectivity index (χ0v) is 19.4. The van der Waals surface area contributed by atoms with Crippen LogP contribution in [0.1, 0.15) is 22.5 Å². The normalized spacial score (nSPS) is 11.8. The van der Waals surface area contributed by atoms with Crippen molar-refractivity contribution in [2.75, 3.05) is 7.11 Å². The van der Waals surface area contributed by atoms with Crippen LogP contribution in [0.4, 0.5) is 26.3 Å². The van der Waals surface area contributed by atoms with Crippen LogP contribution < -0.4 is 15.0 Å². The van der Waals surface area contributed by atoms with E-state index in [0.717, 1.165) is 6.07 Å². The molecule has 0 aliphatic heterocycles. The van der Waals surface area contributed by atoms with Gasteiger partial charge in [-0.15, -0.1) is 0 Å². The van der Waals surface area contributed by atoms with Crippen molar-refractivity contribution >= 4 is 23.2 Å². The minimum absolute atomic E-state index is 0.104. The second-order valence-corrected chi connectivity index (χ2v) is 7.75. The zero-order valence-electron chi connectivity index (χ0n) is 17.9. The molecule has 0 fully saturated rings. The maximum Gasteiger partial charge on any atom is 0.459 e. The van der Waals surface area contributed by atoms with Crippen molar-refractivity contribution in [2.45, 2.75) is 25.6 Å². The van der Waals surface area contributed by atoms with Crippen molar-refractivity contribution in [3.63, 3.8) is 0 Å². The van der Waals surface area contributed by atoms with Crippen LogP contribution in [0.3, 0.4) is 0 Å². The Kier molecular flexibility index (Phi) is 7.37. The van der Waals surface area contributed by atoms with E-state index in [9.17, 15) is 31.1 Å². The van der Waals surface area contributed by atoms with Gasteiger partial charge in [-0.3, -0.25) is 9.36 Å². The van der Waals surface area contributed by atoms with Gasteiger partial charge in [-0.1, -0.05) is 11.6 Å². The molecular formula is C20H11Cl2F6N5O3. The fourth-order valence-corrected chi connectivity index (χ4v) is 3.33. The van der Waals surface area contributed by atoms with E-state index in [2.05, 4.69) is 15.0 Å². The SMILES string of the molecule is COc1nc(Cl)nc(C)c1Cn1cnc(C(F)(F)C(F)(F)F)c(Oc2cc(Cl)cc(C#N)c2F)c1=O. The number of benzene rings is 1. The van der Waals surface area contributed by atoms with E-state index in [1.165, 1.54) is 20.1 Å². The number of ether oxygens (including phenoxy) is 2. The molecule has 190 valence electrons. The molecule has 0 spiro atoms. The van der Waals surface area contributed by atoms with E-state index >= 15 is 0 Å². The third kappa shape index (κ3) is 5.02. The summed E-state index contributed by atoms with van der Waals surface area (Å²) in [6.45, 7) is 0.909. The second kappa shape index (κ2) is 9.82. The van der Waals surface area contributed by atoms with Crippen molar-refractivity contribution in [3.05, 3.63) is 67.5 Å². The summed E-state index contributed by atoms with van der Waals surface area (Å²) in [6, 6.07) is 2.95. The summed E-state index contributed by atoms with van der Waals surface area (Å²) >= 11 is 11.5. The van der Waals surface area contributed by atoms with Crippen LogP contribution in [0, 0.1) is 24.1 Å². The number of rotatable bonds is 6. The minimum atomic E-state index is -6.19. The van der Waals surface area contributed by atoms with Crippen molar-refractivity contribution in [1.82, 2.24) is 19.5 Å². The molecule has 0 unspecified atom stereocenters. The molecule has 2 aromatic heterocycles. The summed E-state index contributed by atoms with van der Waals surface area (Å²) in [7, 11) is 1.21. The van der Waals surface area contributed by atoms with Crippen LogP contribution >= 0.6 is 23.2 Å². The number of methoxy groups -OCH3 is 1. The maximum atomic E-state index is 14.6. The molecule has 0 aliphatic carbocycles. The first-order valence-electron chi connectivity index (χ1n) is 9.39. The topological polar surface area (TPSA) is 103 Å². The quantitative estimate of drug-likeness (QED) is 0.306. The molecule has 0 saturated heterocycles. The highest BCUT2D eigenvalue weighted by Gasteiger charge is 2.62. The molecule has 1 aromatic carbocycles. The molecule has 0 aliphatic rings. The number of nitrogens with zero attached hydrogens (tertiary/aromatic N) is 5. The van der Waals surface area contributed by atoms with Crippen LogP contribution in [0.15, 0.2) is 23.3 Å². The molecule has 0 bridgehead atoms. The van der Waals surface area contributed by atoms with Crippen LogP contribution in [0.25, 0.3) is 0 Å². The van der Waals surface area contributed by atoms with E-state index in [1.807, 2.05) is 0 Å². The summed E-state index contributed by atoms with van der Waals surface area (Å²) in [5.41, 5.74) is -4.12. The van der Waals surface area contributed by atoms with Crippen LogP contribution in [0.5, 0.6) is 17.4 Å². The van der Waals surface area contributed by atoms with Gasteiger partial charge in [0.15, 0.2) is 17.3 Å². The van der Waals surface area contributed by atoms with Gasteiger partial charge in [0.25, 0.3) is 5.56 Å². The molecule has 36 heavy (non-hydrogen) atoms. The fraction of sp³-hybridized carbons (Fsp3) is 0.250. The molecule has 0 N–H and O–H groups in total. The Labute approximate surface area is 207 Å². The zero-order chi connectivity index (χ0) is 27.0. The maximum absolute atomic E-state index is 14.6. The fourth-order valence-electron chi connectivity index (χ4n) is 2.92. The number of hydrogen-bond donors (Lipinski definition) is 0. The van der Waals surface area contributed by atoms with Gasteiger partial charge in [-0.05, 0) is 24.6 Å². The predicted molar refractivity (Wildman–Crippen MR) is 112 cm³/mol. The lowest BCUT2D eigenvalue weighted by atomic mass is 10.2. The van der Waals surface area contributed by atoms with Crippen molar-refractivity contribution < 1.29 is 35.8 Å². The molecule has 0 saturated carbocycles. The number of aromatic nitrogens is 4. The summed E-state index contributed by atoms with van der Waals surface area (Å²) in [5.74, 6) is -9.97. The van der Waals surface area contributed by atoms with Crippen LogP contribution in [0.2, 0.25) is 10.3 Å². The van der Waals surface area contributed by atoms with Gasteiger partial charge in [0.2, 0.25) is 16.9 Å². The average Bonchev–Trinajstić information content (AvgIpc) is 2.78. The van der Waals surface area contributed by atoms with Crippen molar-refractivity contribution in [3.8, 4) is 23.4 Å². The summed E-state index contributed by atoms with van der Waals surface area (Å²) in [5, 5.41) is 8.46. The van der Waals surface area contributed by atoms with Gasteiger partial charge >= 0.3 is 12.1 Å². The number of halogens is 8. The first kappa shape index (κ1) is 27.0. The van der Waals surface area contributed by atoms with Gasteiger partial charge in [0, 0.05) is 11.1 Å². The van der Waals surface area contributed by atoms with Crippen molar-refractivity contribution in [1.29, 1.82) is 5.26 Å². The van der Waals surface area contributed by atoms with E-state index in [-0.39, 0.29) is 27.4 Å². The molecule has 3 aromatic rings. The Morgan fingerprint density at radius 3 is 2.42 bits per heavy atom. The summed E-state index contributed by atoms with van der Waals surface area (Å²) in [4.78, 5) is 23.8.